The summed E-state index contributed by atoms with van der Waals surface area (Å²) in [6, 6.07) is 9.53. The molecule has 78 valence electrons. The lowest BCUT2D eigenvalue weighted by Gasteiger charge is -2.34. The zero-order chi connectivity index (χ0) is 10.3. The summed E-state index contributed by atoms with van der Waals surface area (Å²) in [4.78, 5) is 11.9. The van der Waals surface area contributed by atoms with E-state index in [2.05, 4.69) is 5.32 Å². The first kappa shape index (κ1) is 8.92. The number of ether oxygens (including phenoxy) is 1. The molecule has 1 amide bonds. The maximum Gasteiger partial charge on any atom is 0.256 e. The minimum atomic E-state index is -0.499. The van der Waals surface area contributed by atoms with E-state index in [0.717, 1.165) is 25.1 Å². The number of benzene rings is 1. The number of nitrogens with one attached hydrogen (secondary N) is 1. The van der Waals surface area contributed by atoms with Crippen LogP contribution in [0.3, 0.4) is 0 Å². The van der Waals surface area contributed by atoms with Gasteiger partial charge >= 0.3 is 0 Å². The van der Waals surface area contributed by atoms with Gasteiger partial charge in [0.1, 0.15) is 5.60 Å². The second kappa shape index (κ2) is 3.07. The van der Waals surface area contributed by atoms with Crippen molar-refractivity contribution in [3.63, 3.8) is 0 Å². The molecule has 2 saturated heterocycles. The number of hydrogen-bond donors (Lipinski definition) is 1. The first-order valence-electron chi connectivity index (χ1n) is 5.29. The number of carbonyl (C=O) groups excluding carboxylic acids is 1. The number of fused-ring (bicyclic) bond motifs is 1. The molecule has 3 fully saturated rings. The van der Waals surface area contributed by atoms with Crippen LogP contribution in [-0.2, 0) is 9.53 Å². The molecular formula is C12H13NO2. The predicted molar refractivity (Wildman–Crippen MR) is 56.5 cm³/mol. The van der Waals surface area contributed by atoms with Crippen LogP contribution in [0, 0.1) is 5.92 Å². The Bertz CT molecular complexity index is 376. The molecule has 0 aromatic heterocycles. The fraction of sp³-hybridized carbons (Fsp3) is 0.417. The maximum absolute atomic E-state index is 11.9. The Morgan fingerprint density at radius 3 is 2.67 bits per heavy atom. The molecule has 1 saturated carbocycles. The van der Waals surface area contributed by atoms with Gasteiger partial charge in [-0.05, 0) is 30.9 Å². The molecule has 4 rings (SSSR count). The van der Waals surface area contributed by atoms with Gasteiger partial charge in [0.2, 0.25) is 0 Å². The van der Waals surface area contributed by atoms with Crippen LogP contribution in [0.1, 0.15) is 12.8 Å². The minimum Gasteiger partial charge on any atom is -0.365 e. The highest BCUT2D eigenvalue weighted by Crippen LogP contribution is 2.48. The molecule has 0 spiro atoms. The number of carbonyl (C=O) groups is 1. The van der Waals surface area contributed by atoms with Gasteiger partial charge in [0, 0.05) is 5.69 Å². The van der Waals surface area contributed by atoms with Crippen LogP contribution in [0.5, 0.6) is 0 Å². The van der Waals surface area contributed by atoms with Crippen molar-refractivity contribution in [3.8, 4) is 0 Å². The Balaban J connectivity index is 1.72. The van der Waals surface area contributed by atoms with Crippen LogP contribution in [-0.4, -0.2) is 18.1 Å². The van der Waals surface area contributed by atoms with Gasteiger partial charge in [0.25, 0.3) is 5.91 Å². The monoisotopic (exact) mass is 203 g/mol. The van der Waals surface area contributed by atoms with E-state index in [9.17, 15) is 4.79 Å². The van der Waals surface area contributed by atoms with E-state index in [1.807, 2.05) is 30.3 Å². The summed E-state index contributed by atoms with van der Waals surface area (Å²) >= 11 is 0. The molecule has 3 nitrogen and oxygen atoms in total. The fourth-order valence-electron chi connectivity index (χ4n) is 2.40. The highest BCUT2D eigenvalue weighted by atomic mass is 16.5. The van der Waals surface area contributed by atoms with Crippen molar-refractivity contribution < 1.29 is 9.53 Å². The molecule has 2 heterocycles. The Hall–Kier alpha value is -1.35. The average Bonchev–Trinajstić information content (AvgIpc) is 2.78. The van der Waals surface area contributed by atoms with E-state index in [0.29, 0.717) is 5.92 Å². The van der Waals surface area contributed by atoms with Gasteiger partial charge in [-0.3, -0.25) is 4.79 Å². The fourth-order valence-corrected chi connectivity index (χ4v) is 2.40. The molecule has 3 heteroatoms. The highest BCUT2D eigenvalue weighted by Gasteiger charge is 2.57. The van der Waals surface area contributed by atoms with Gasteiger partial charge in [-0.1, -0.05) is 18.2 Å². The van der Waals surface area contributed by atoms with Crippen LogP contribution in [0.4, 0.5) is 5.69 Å². The van der Waals surface area contributed by atoms with Crippen LogP contribution in [0.15, 0.2) is 30.3 Å². The number of amides is 1. The van der Waals surface area contributed by atoms with Gasteiger partial charge < -0.3 is 10.1 Å². The Morgan fingerprint density at radius 2 is 2.07 bits per heavy atom. The van der Waals surface area contributed by atoms with Crippen LogP contribution >= 0.6 is 0 Å². The average molecular weight is 203 g/mol. The molecule has 1 aliphatic carbocycles. The number of hydrogen-bond acceptors (Lipinski definition) is 2. The smallest absolute Gasteiger partial charge is 0.256 e. The van der Waals surface area contributed by atoms with E-state index < -0.39 is 5.60 Å². The summed E-state index contributed by atoms with van der Waals surface area (Å²) in [7, 11) is 0. The molecule has 0 radical (unpaired) electrons. The molecule has 2 bridgehead atoms. The van der Waals surface area contributed by atoms with E-state index in [1.54, 1.807) is 0 Å². The van der Waals surface area contributed by atoms with Crippen molar-refractivity contribution in [2.45, 2.75) is 18.4 Å². The maximum atomic E-state index is 11.9. The molecule has 15 heavy (non-hydrogen) atoms. The largest absolute Gasteiger partial charge is 0.365 e. The van der Waals surface area contributed by atoms with Crippen molar-refractivity contribution >= 4 is 11.6 Å². The molecule has 1 aromatic rings. The van der Waals surface area contributed by atoms with E-state index in [4.69, 9.17) is 4.74 Å². The summed E-state index contributed by atoms with van der Waals surface area (Å²) < 4.78 is 5.54. The lowest BCUT2D eigenvalue weighted by Crippen LogP contribution is -2.47. The van der Waals surface area contributed by atoms with E-state index in [1.165, 1.54) is 0 Å². The number of anilines is 1. The summed E-state index contributed by atoms with van der Waals surface area (Å²) in [5.41, 5.74) is 0.344. The second-order valence-electron chi connectivity index (χ2n) is 4.40. The normalized spacial score (nSPS) is 32.1. The zero-order valence-corrected chi connectivity index (χ0v) is 8.40. The number of para-hydroxylation sites is 1. The summed E-state index contributed by atoms with van der Waals surface area (Å²) in [6.45, 7) is 0.752. The Morgan fingerprint density at radius 1 is 1.33 bits per heavy atom. The molecule has 1 N–H and O–H groups in total. The van der Waals surface area contributed by atoms with Gasteiger partial charge in [-0.2, -0.15) is 0 Å². The molecule has 0 atom stereocenters. The third-order valence-electron chi connectivity index (χ3n) is 3.28. The minimum absolute atomic E-state index is 0.0162. The third-order valence-corrected chi connectivity index (χ3v) is 3.28. The SMILES string of the molecule is O=C(Nc1ccccc1)C12CC(CO1)C2. The quantitative estimate of drug-likeness (QED) is 0.796. The molecule has 0 unspecified atom stereocenters. The van der Waals surface area contributed by atoms with Crippen molar-refractivity contribution in [2.24, 2.45) is 5.92 Å². The topological polar surface area (TPSA) is 38.3 Å². The lowest BCUT2D eigenvalue weighted by molar-refractivity contribution is -0.137. The van der Waals surface area contributed by atoms with E-state index in [-0.39, 0.29) is 5.91 Å². The van der Waals surface area contributed by atoms with E-state index >= 15 is 0 Å². The van der Waals surface area contributed by atoms with Crippen molar-refractivity contribution in [2.75, 3.05) is 11.9 Å². The van der Waals surface area contributed by atoms with Crippen LogP contribution < -0.4 is 5.32 Å². The zero-order valence-electron chi connectivity index (χ0n) is 8.40. The van der Waals surface area contributed by atoms with Gasteiger partial charge in [0.15, 0.2) is 0 Å². The summed E-state index contributed by atoms with van der Waals surface area (Å²) in [5, 5.41) is 2.90. The van der Waals surface area contributed by atoms with Crippen LogP contribution in [0.2, 0.25) is 0 Å². The van der Waals surface area contributed by atoms with Gasteiger partial charge in [-0.15, -0.1) is 0 Å². The Kier molecular flexibility index (Phi) is 1.83. The van der Waals surface area contributed by atoms with Gasteiger partial charge in [-0.25, -0.2) is 0 Å². The van der Waals surface area contributed by atoms with Crippen LogP contribution in [0.25, 0.3) is 0 Å². The summed E-state index contributed by atoms with van der Waals surface area (Å²) in [6.07, 6.45) is 1.79. The number of rotatable bonds is 2. The first-order chi connectivity index (χ1) is 7.28. The standard InChI is InChI=1S/C12H13NO2/c14-11(12-6-9(7-12)8-15-12)13-10-4-2-1-3-5-10/h1-5,9H,6-8H2,(H,13,14). The van der Waals surface area contributed by atoms with Crippen molar-refractivity contribution in [1.82, 2.24) is 0 Å². The molecular weight excluding hydrogens is 190 g/mol. The molecule has 3 aliphatic rings. The molecule has 2 aliphatic heterocycles. The van der Waals surface area contributed by atoms with Crippen molar-refractivity contribution in [3.05, 3.63) is 30.3 Å². The second-order valence-corrected chi connectivity index (χ2v) is 4.40. The highest BCUT2D eigenvalue weighted by molar-refractivity contribution is 5.98. The summed E-state index contributed by atoms with van der Waals surface area (Å²) in [5.74, 6) is 0.633. The third kappa shape index (κ3) is 1.35. The first-order valence-corrected chi connectivity index (χ1v) is 5.29. The molecule has 1 aromatic carbocycles. The predicted octanol–water partition coefficient (Wildman–Crippen LogP) is 1.80. The Labute approximate surface area is 88.4 Å². The van der Waals surface area contributed by atoms with Gasteiger partial charge in [0.05, 0.1) is 6.61 Å². The van der Waals surface area contributed by atoms with Crippen molar-refractivity contribution in [1.29, 1.82) is 0 Å². The lowest BCUT2D eigenvalue weighted by atomic mass is 9.74.